The number of imidazole rings is 1. The van der Waals surface area contributed by atoms with Gasteiger partial charge in [0.15, 0.2) is 0 Å². The van der Waals surface area contributed by atoms with Gasteiger partial charge in [-0.3, -0.25) is 4.79 Å². The molecule has 6 nitrogen and oxygen atoms in total. The molecule has 3 aromatic rings. The van der Waals surface area contributed by atoms with E-state index in [1.54, 1.807) is 12.1 Å². The number of hydrogen-bond donors (Lipinski definition) is 2. The van der Waals surface area contributed by atoms with Crippen molar-refractivity contribution < 1.29 is 23.1 Å². The van der Waals surface area contributed by atoms with E-state index >= 15 is 0 Å². The van der Waals surface area contributed by atoms with Crippen LogP contribution in [0.2, 0.25) is 0 Å². The maximum Gasteiger partial charge on any atom is 0.432 e. The van der Waals surface area contributed by atoms with Gasteiger partial charge in [-0.25, -0.2) is 9.97 Å². The highest BCUT2D eigenvalue weighted by molar-refractivity contribution is 5.70. The van der Waals surface area contributed by atoms with E-state index in [2.05, 4.69) is 19.9 Å². The van der Waals surface area contributed by atoms with Crippen LogP contribution in [0, 0.1) is 5.92 Å². The standard InChI is InChI=1S/C23H23F3N4O2/c24-23(25,26)19-14-28-22(29-19)18-4-5-20(27-13-18)30-8-6-15(7-9-30)10-16-2-1-3-17(11-16)12-21(31)32/h1-5,11,13-15H,6-10,12H2,(H,28,29)(H,31,32). The minimum atomic E-state index is -4.46. The molecule has 0 unspecified atom stereocenters. The Morgan fingerprint density at radius 2 is 1.84 bits per heavy atom. The molecule has 1 aliphatic heterocycles. The number of benzene rings is 1. The smallest absolute Gasteiger partial charge is 0.432 e. The van der Waals surface area contributed by atoms with Crippen molar-refractivity contribution in [3.8, 4) is 11.4 Å². The van der Waals surface area contributed by atoms with E-state index in [9.17, 15) is 18.0 Å². The van der Waals surface area contributed by atoms with Gasteiger partial charge in [0.05, 0.1) is 12.6 Å². The normalized spacial score (nSPS) is 15.2. The molecule has 0 saturated carbocycles. The first-order valence-corrected chi connectivity index (χ1v) is 10.4. The summed E-state index contributed by atoms with van der Waals surface area (Å²) in [4.78, 5) is 23.6. The molecule has 168 valence electrons. The van der Waals surface area contributed by atoms with E-state index in [1.807, 2.05) is 24.3 Å². The van der Waals surface area contributed by atoms with E-state index in [1.165, 1.54) is 6.20 Å². The lowest BCUT2D eigenvalue weighted by Crippen LogP contribution is -2.34. The number of carboxylic acids is 1. The van der Waals surface area contributed by atoms with Crippen molar-refractivity contribution in [2.24, 2.45) is 5.92 Å². The minimum Gasteiger partial charge on any atom is -0.481 e. The number of aromatic nitrogens is 3. The van der Waals surface area contributed by atoms with Crippen molar-refractivity contribution in [3.63, 3.8) is 0 Å². The number of rotatable bonds is 6. The van der Waals surface area contributed by atoms with Gasteiger partial charge >= 0.3 is 12.1 Å². The number of nitrogens with one attached hydrogen (secondary N) is 1. The first kappa shape index (κ1) is 21.9. The summed E-state index contributed by atoms with van der Waals surface area (Å²) in [5.74, 6) is 0.606. The molecular weight excluding hydrogens is 421 g/mol. The van der Waals surface area contributed by atoms with Crippen molar-refractivity contribution >= 4 is 11.8 Å². The zero-order valence-electron chi connectivity index (χ0n) is 17.3. The van der Waals surface area contributed by atoms with Crippen LogP contribution in [0.4, 0.5) is 19.0 Å². The van der Waals surface area contributed by atoms with Crippen molar-refractivity contribution in [3.05, 3.63) is 65.6 Å². The summed E-state index contributed by atoms with van der Waals surface area (Å²) in [7, 11) is 0. The molecule has 1 saturated heterocycles. The molecule has 4 rings (SSSR count). The number of anilines is 1. The van der Waals surface area contributed by atoms with E-state index in [0.717, 1.165) is 55.5 Å². The third-order valence-electron chi connectivity index (χ3n) is 5.71. The monoisotopic (exact) mass is 444 g/mol. The van der Waals surface area contributed by atoms with Crippen LogP contribution < -0.4 is 4.90 Å². The lowest BCUT2D eigenvalue weighted by molar-refractivity contribution is -0.141. The molecule has 3 heterocycles. The highest BCUT2D eigenvalue weighted by Crippen LogP contribution is 2.30. The van der Waals surface area contributed by atoms with Crippen LogP contribution in [0.3, 0.4) is 0 Å². The Bertz CT molecular complexity index is 1070. The van der Waals surface area contributed by atoms with Crippen molar-refractivity contribution in [1.82, 2.24) is 15.0 Å². The first-order chi connectivity index (χ1) is 15.3. The zero-order chi connectivity index (χ0) is 22.7. The van der Waals surface area contributed by atoms with E-state index in [0.29, 0.717) is 11.5 Å². The number of alkyl halides is 3. The van der Waals surface area contributed by atoms with Crippen molar-refractivity contribution in [2.75, 3.05) is 18.0 Å². The number of aliphatic carboxylic acids is 1. The number of hydrogen-bond acceptors (Lipinski definition) is 4. The largest absolute Gasteiger partial charge is 0.481 e. The summed E-state index contributed by atoms with van der Waals surface area (Å²) in [5, 5.41) is 8.97. The average Bonchev–Trinajstić information content (AvgIpc) is 3.25. The van der Waals surface area contributed by atoms with Gasteiger partial charge in [-0.15, -0.1) is 0 Å². The van der Waals surface area contributed by atoms with E-state index in [-0.39, 0.29) is 12.2 Å². The molecule has 0 aliphatic carbocycles. The molecule has 1 aliphatic rings. The second-order valence-corrected chi connectivity index (χ2v) is 8.07. The first-order valence-electron chi connectivity index (χ1n) is 10.4. The fraction of sp³-hybridized carbons (Fsp3) is 0.348. The number of piperidine rings is 1. The maximum atomic E-state index is 12.7. The summed E-state index contributed by atoms with van der Waals surface area (Å²) >= 11 is 0. The predicted molar refractivity (Wildman–Crippen MR) is 113 cm³/mol. The van der Waals surface area contributed by atoms with Crippen LogP contribution in [0.1, 0.15) is 29.7 Å². The molecule has 0 spiro atoms. The molecule has 2 aromatic heterocycles. The quantitative estimate of drug-likeness (QED) is 0.582. The molecule has 1 aromatic carbocycles. The summed E-state index contributed by atoms with van der Waals surface area (Å²) < 4.78 is 38.2. The Hall–Kier alpha value is -3.36. The third-order valence-corrected chi connectivity index (χ3v) is 5.71. The van der Waals surface area contributed by atoms with Crippen molar-refractivity contribution in [1.29, 1.82) is 0 Å². The Morgan fingerprint density at radius 1 is 1.09 bits per heavy atom. The Balaban J connectivity index is 1.33. The van der Waals surface area contributed by atoms with Crippen LogP contribution in [0.5, 0.6) is 0 Å². The number of carboxylic acid groups (broad SMARTS) is 1. The van der Waals surface area contributed by atoms with Crippen LogP contribution in [-0.2, 0) is 23.8 Å². The van der Waals surface area contributed by atoms with Gasteiger partial charge in [-0.05, 0) is 48.4 Å². The molecule has 32 heavy (non-hydrogen) atoms. The molecule has 0 atom stereocenters. The fourth-order valence-electron chi connectivity index (χ4n) is 4.07. The summed E-state index contributed by atoms with van der Waals surface area (Å²) in [6.45, 7) is 1.68. The third kappa shape index (κ3) is 5.27. The molecular formula is C23H23F3N4O2. The maximum absolute atomic E-state index is 12.7. The summed E-state index contributed by atoms with van der Waals surface area (Å²) in [6.07, 6.45) is 0.775. The zero-order valence-corrected chi connectivity index (χ0v) is 17.3. The molecule has 0 amide bonds. The fourth-order valence-corrected chi connectivity index (χ4v) is 4.07. The number of halogens is 3. The Kier molecular flexibility index (Phi) is 6.16. The second kappa shape index (κ2) is 9.02. The molecule has 1 fully saturated rings. The summed E-state index contributed by atoms with van der Waals surface area (Å²) in [5.41, 5.74) is 1.59. The number of aromatic amines is 1. The highest BCUT2D eigenvalue weighted by Gasteiger charge is 2.33. The van der Waals surface area contributed by atoms with Crippen molar-refractivity contribution in [2.45, 2.75) is 31.9 Å². The van der Waals surface area contributed by atoms with Gasteiger partial charge in [0.25, 0.3) is 0 Å². The van der Waals surface area contributed by atoms with Gasteiger partial charge in [-0.1, -0.05) is 24.3 Å². The highest BCUT2D eigenvalue weighted by atomic mass is 19.4. The van der Waals surface area contributed by atoms with Gasteiger partial charge in [0, 0.05) is 24.8 Å². The molecule has 9 heteroatoms. The van der Waals surface area contributed by atoms with Crippen LogP contribution in [-0.4, -0.2) is 39.1 Å². The number of nitrogens with zero attached hydrogens (tertiary/aromatic N) is 3. The van der Waals surface area contributed by atoms with E-state index in [4.69, 9.17) is 5.11 Å². The minimum absolute atomic E-state index is 0.0312. The predicted octanol–water partition coefficient (Wildman–Crippen LogP) is 4.58. The number of H-pyrrole nitrogens is 1. The van der Waals surface area contributed by atoms with Gasteiger partial charge < -0.3 is 15.0 Å². The summed E-state index contributed by atoms with van der Waals surface area (Å²) in [6, 6.07) is 11.3. The SMILES string of the molecule is O=C(O)Cc1cccc(CC2CCN(c3ccc(-c4ncc(C(F)(F)F)[nH]4)cn3)CC2)c1. The Labute approximate surface area is 183 Å². The van der Waals surface area contributed by atoms with Crippen LogP contribution in [0.25, 0.3) is 11.4 Å². The van der Waals surface area contributed by atoms with Crippen LogP contribution >= 0.6 is 0 Å². The van der Waals surface area contributed by atoms with E-state index < -0.39 is 17.8 Å². The van der Waals surface area contributed by atoms with Crippen LogP contribution in [0.15, 0.2) is 48.8 Å². The lowest BCUT2D eigenvalue weighted by atomic mass is 9.89. The molecule has 0 radical (unpaired) electrons. The van der Waals surface area contributed by atoms with Gasteiger partial charge in [0.1, 0.15) is 17.3 Å². The second-order valence-electron chi connectivity index (χ2n) is 8.07. The molecule has 2 N–H and O–H groups in total. The Morgan fingerprint density at radius 3 is 2.47 bits per heavy atom. The average molecular weight is 444 g/mol. The number of pyridine rings is 1. The topological polar surface area (TPSA) is 82.1 Å². The van der Waals surface area contributed by atoms with Gasteiger partial charge in [0.2, 0.25) is 0 Å². The number of carbonyl (C=O) groups is 1. The lowest BCUT2D eigenvalue weighted by Gasteiger charge is -2.33. The van der Waals surface area contributed by atoms with Gasteiger partial charge in [-0.2, -0.15) is 13.2 Å². The molecule has 0 bridgehead atoms.